The number of halogens is 1. The summed E-state index contributed by atoms with van der Waals surface area (Å²) in [6, 6.07) is 4.94. The minimum absolute atomic E-state index is 0.166. The summed E-state index contributed by atoms with van der Waals surface area (Å²) in [5.74, 6) is 1.13. The van der Waals surface area contributed by atoms with E-state index in [1.165, 1.54) is 12.5 Å². The molecule has 0 saturated carbocycles. The Hall–Kier alpha value is -2.28. The van der Waals surface area contributed by atoms with Crippen molar-refractivity contribution in [3.8, 4) is 11.4 Å². The molecule has 6 nitrogen and oxygen atoms in total. The minimum atomic E-state index is -0.433. The van der Waals surface area contributed by atoms with Gasteiger partial charge in [0, 0.05) is 31.0 Å². The van der Waals surface area contributed by atoms with Gasteiger partial charge in [0.2, 0.25) is 5.91 Å². The van der Waals surface area contributed by atoms with E-state index in [1.807, 2.05) is 0 Å². The van der Waals surface area contributed by atoms with Crippen LogP contribution in [0, 0.1) is 5.82 Å². The lowest BCUT2D eigenvalue weighted by Gasteiger charge is -2.12. The number of rotatable bonds is 4. The van der Waals surface area contributed by atoms with E-state index < -0.39 is 5.82 Å². The zero-order chi connectivity index (χ0) is 17.9. The van der Waals surface area contributed by atoms with Gasteiger partial charge in [-0.1, -0.05) is 6.42 Å². The Morgan fingerprint density at radius 1 is 1.27 bits per heavy atom. The van der Waals surface area contributed by atoms with Crippen LogP contribution >= 0.6 is 0 Å². The Morgan fingerprint density at radius 3 is 3.04 bits per heavy atom. The molecule has 3 heterocycles. The van der Waals surface area contributed by atoms with Crippen molar-refractivity contribution < 1.29 is 9.18 Å². The number of benzene rings is 1. The molecule has 1 saturated heterocycles. The van der Waals surface area contributed by atoms with Crippen LogP contribution in [0.4, 0.5) is 10.1 Å². The number of anilines is 1. The van der Waals surface area contributed by atoms with Gasteiger partial charge in [-0.2, -0.15) is 0 Å². The van der Waals surface area contributed by atoms with E-state index >= 15 is 0 Å². The predicted molar refractivity (Wildman–Crippen MR) is 97.2 cm³/mol. The monoisotopic (exact) mass is 357 g/mol. The molecule has 1 atom stereocenters. The molecule has 138 valence electrons. The number of fused-ring (bicyclic) bond motifs is 1. The summed E-state index contributed by atoms with van der Waals surface area (Å²) in [6.07, 6.45) is 6.76. The molecule has 2 aromatic rings. The molecule has 0 aliphatic carbocycles. The van der Waals surface area contributed by atoms with Crippen molar-refractivity contribution in [1.82, 2.24) is 20.1 Å². The standard InChI is InChI=1S/C19H24FN5O/c20-15-8-7-13(19-24-23-17-6-2-1-3-10-25(17)19)11-16(15)22-18(26)12-14-5-4-9-21-14/h7-8,11,14,21H,1-6,9-10,12H2,(H,22,26). The minimum Gasteiger partial charge on any atom is -0.324 e. The average Bonchev–Trinajstić information content (AvgIpc) is 3.21. The summed E-state index contributed by atoms with van der Waals surface area (Å²) >= 11 is 0. The summed E-state index contributed by atoms with van der Waals surface area (Å²) in [4.78, 5) is 12.2. The number of hydrogen-bond donors (Lipinski definition) is 2. The summed E-state index contributed by atoms with van der Waals surface area (Å²) in [6.45, 7) is 1.82. The van der Waals surface area contributed by atoms with E-state index in [1.54, 1.807) is 12.1 Å². The molecule has 1 aromatic carbocycles. The van der Waals surface area contributed by atoms with Crippen LogP contribution in [0.5, 0.6) is 0 Å². The van der Waals surface area contributed by atoms with Gasteiger partial charge >= 0.3 is 0 Å². The van der Waals surface area contributed by atoms with Crippen LogP contribution in [0.25, 0.3) is 11.4 Å². The number of nitrogens with one attached hydrogen (secondary N) is 2. The fourth-order valence-corrected chi connectivity index (χ4v) is 3.81. The van der Waals surface area contributed by atoms with Crippen molar-refractivity contribution in [3.63, 3.8) is 0 Å². The maximum absolute atomic E-state index is 14.2. The fourth-order valence-electron chi connectivity index (χ4n) is 3.81. The van der Waals surface area contributed by atoms with Crippen molar-refractivity contribution >= 4 is 11.6 Å². The molecule has 1 amide bonds. The summed E-state index contributed by atoms with van der Waals surface area (Å²) in [5.41, 5.74) is 0.984. The van der Waals surface area contributed by atoms with E-state index in [0.717, 1.165) is 62.4 Å². The van der Waals surface area contributed by atoms with Crippen molar-refractivity contribution in [2.24, 2.45) is 0 Å². The van der Waals surface area contributed by atoms with Crippen LogP contribution in [0.2, 0.25) is 0 Å². The lowest BCUT2D eigenvalue weighted by atomic mass is 10.1. The number of amides is 1. The zero-order valence-corrected chi connectivity index (χ0v) is 14.8. The summed E-state index contributed by atoms with van der Waals surface area (Å²) < 4.78 is 16.3. The Morgan fingerprint density at radius 2 is 2.19 bits per heavy atom. The third-order valence-electron chi connectivity index (χ3n) is 5.20. The Bertz CT molecular complexity index is 797. The van der Waals surface area contributed by atoms with Gasteiger partial charge in [-0.25, -0.2) is 4.39 Å². The van der Waals surface area contributed by atoms with Gasteiger partial charge < -0.3 is 15.2 Å². The first-order chi connectivity index (χ1) is 12.7. The lowest BCUT2D eigenvalue weighted by Crippen LogP contribution is -2.27. The van der Waals surface area contributed by atoms with Crippen molar-refractivity contribution in [2.45, 2.75) is 57.5 Å². The largest absolute Gasteiger partial charge is 0.324 e. The molecule has 1 fully saturated rings. The topological polar surface area (TPSA) is 71.8 Å². The summed E-state index contributed by atoms with van der Waals surface area (Å²) in [7, 11) is 0. The van der Waals surface area contributed by atoms with Crippen molar-refractivity contribution in [1.29, 1.82) is 0 Å². The van der Waals surface area contributed by atoms with Gasteiger partial charge in [0.05, 0.1) is 5.69 Å². The third kappa shape index (κ3) is 3.62. The molecule has 0 radical (unpaired) electrons. The van der Waals surface area contributed by atoms with E-state index in [2.05, 4.69) is 25.4 Å². The van der Waals surface area contributed by atoms with E-state index in [9.17, 15) is 9.18 Å². The number of nitrogens with zero attached hydrogens (tertiary/aromatic N) is 3. The van der Waals surface area contributed by atoms with Crippen LogP contribution in [0.1, 0.15) is 44.3 Å². The molecule has 2 aliphatic rings. The lowest BCUT2D eigenvalue weighted by molar-refractivity contribution is -0.116. The Kier molecular flexibility index (Phi) is 4.97. The molecule has 1 aromatic heterocycles. The highest BCUT2D eigenvalue weighted by atomic mass is 19.1. The highest BCUT2D eigenvalue weighted by Gasteiger charge is 2.20. The zero-order valence-electron chi connectivity index (χ0n) is 14.8. The maximum Gasteiger partial charge on any atom is 0.226 e. The number of hydrogen-bond acceptors (Lipinski definition) is 4. The van der Waals surface area contributed by atoms with Gasteiger partial charge in [0.25, 0.3) is 0 Å². The van der Waals surface area contributed by atoms with Gasteiger partial charge in [0.15, 0.2) is 5.82 Å². The van der Waals surface area contributed by atoms with Crippen LogP contribution in [-0.2, 0) is 17.8 Å². The molecule has 0 spiro atoms. The first kappa shape index (κ1) is 17.1. The normalized spacial score (nSPS) is 19.8. The molecule has 4 rings (SSSR count). The van der Waals surface area contributed by atoms with Crippen molar-refractivity contribution in [2.75, 3.05) is 11.9 Å². The molecular weight excluding hydrogens is 333 g/mol. The van der Waals surface area contributed by atoms with Gasteiger partial charge in [0.1, 0.15) is 11.6 Å². The van der Waals surface area contributed by atoms with Crippen LogP contribution in [-0.4, -0.2) is 33.3 Å². The fraction of sp³-hybridized carbons (Fsp3) is 0.526. The van der Waals surface area contributed by atoms with E-state index in [0.29, 0.717) is 6.42 Å². The molecule has 26 heavy (non-hydrogen) atoms. The first-order valence-corrected chi connectivity index (χ1v) is 9.46. The second-order valence-electron chi connectivity index (χ2n) is 7.14. The van der Waals surface area contributed by atoms with Gasteiger partial charge in [-0.05, 0) is 50.4 Å². The molecule has 0 bridgehead atoms. The smallest absolute Gasteiger partial charge is 0.226 e. The van der Waals surface area contributed by atoms with Crippen LogP contribution in [0.15, 0.2) is 18.2 Å². The quantitative estimate of drug-likeness (QED) is 0.883. The molecule has 2 aliphatic heterocycles. The Labute approximate surface area is 152 Å². The number of aryl methyl sites for hydroxylation is 1. The summed E-state index contributed by atoms with van der Waals surface area (Å²) in [5, 5.41) is 14.6. The second kappa shape index (κ2) is 7.53. The molecule has 7 heteroatoms. The number of aromatic nitrogens is 3. The molecular formula is C19H24FN5O. The average molecular weight is 357 g/mol. The third-order valence-corrected chi connectivity index (χ3v) is 5.20. The molecule has 2 N–H and O–H groups in total. The number of carbonyl (C=O) groups is 1. The first-order valence-electron chi connectivity index (χ1n) is 9.46. The highest BCUT2D eigenvalue weighted by Crippen LogP contribution is 2.26. The van der Waals surface area contributed by atoms with E-state index in [-0.39, 0.29) is 17.6 Å². The molecule has 1 unspecified atom stereocenters. The second-order valence-corrected chi connectivity index (χ2v) is 7.14. The maximum atomic E-state index is 14.2. The Balaban J connectivity index is 1.54. The predicted octanol–water partition coefficient (Wildman–Crippen LogP) is 2.89. The van der Waals surface area contributed by atoms with Gasteiger partial charge in [-0.15, -0.1) is 10.2 Å². The SMILES string of the molecule is O=C(CC1CCCN1)Nc1cc(-c2nnc3n2CCCCC3)ccc1F. The highest BCUT2D eigenvalue weighted by molar-refractivity contribution is 5.92. The number of carbonyl (C=O) groups excluding carboxylic acids is 1. The van der Waals surface area contributed by atoms with Gasteiger partial charge in [-0.3, -0.25) is 4.79 Å². The van der Waals surface area contributed by atoms with Crippen LogP contribution < -0.4 is 10.6 Å². The van der Waals surface area contributed by atoms with E-state index in [4.69, 9.17) is 0 Å². The van der Waals surface area contributed by atoms with Crippen molar-refractivity contribution in [3.05, 3.63) is 29.8 Å². The van der Waals surface area contributed by atoms with Crippen LogP contribution in [0.3, 0.4) is 0 Å².